The highest BCUT2D eigenvalue weighted by molar-refractivity contribution is 5.91. The van der Waals surface area contributed by atoms with E-state index in [-0.39, 0.29) is 12.1 Å². The molecule has 0 saturated heterocycles. The molecule has 2 aromatic carbocycles. The van der Waals surface area contributed by atoms with Gasteiger partial charge in [0, 0.05) is 6.61 Å². The van der Waals surface area contributed by atoms with Gasteiger partial charge in [-0.15, -0.1) is 0 Å². The maximum Gasteiger partial charge on any atom is 0.343 e. The molecule has 0 aromatic heterocycles. The van der Waals surface area contributed by atoms with E-state index in [1.54, 1.807) is 24.3 Å². The van der Waals surface area contributed by atoms with Crippen molar-refractivity contribution in [2.75, 3.05) is 13.2 Å². The Labute approximate surface area is 187 Å². The number of carbonyl (C=O) groups excluding carboxylic acids is 1. The molecule has 0 aliphatic carbocycles. The maximum absolute atomic E-state index is 12.4. The van der Waals surface area contributed by atoms with Crippen molar-refractivity contribution < 1.29 is 19.0 Å². The van der Waals surface area contributed by atoms with Crippen molar-refractivity contribution in [1.82, 2.24) is 0 Å². The molecule has 0 N–H and O–H groups in total. The fourth-order valence-electron chi connectivity index (χ4n) is 3.30. The van der Waals surface area contributed by atoms with Crippen molar-refractivity contribution in [3.8, 4) is 11.5 Å². The van der Waals surface area contributed by atoms with Gasteiger partial charge in [0.15, 0.2) is 0 Å². The minimum absolute atomic E-state index is 0.0282. The maximum atomic E-state index is 12.4. The summed E-state index contributed by atoms with van der Waals surface area (Å²) in [7, 11) is 0. The Morgan fingerprint density at radius 1 is 0.742 bits per heavy atom. The zero-order chi connectivity index (χ0) is 22.3. The molecule has 0 aliphatic rings. The topological polar surface area (TPSA) is 44.8 Å². The summed E-state index contributed by atoms with van der Waals surface area (Å²) in [5.74, 6) is 0.908. The van der Waals surface area contributed by atoms with Gasteiger partial charge in [-0.25, -0.2) is 4.79 Å². The average molecular weight is 427 g/mol. The molecule has 1 unspecified atom stereocenters. The Morgan fingerprint density at radius 2 is 1.35 bits per heavy atom. The molecule has 0 saturated carbocycles. The Bertz CT molecular complexity index is 737. The van der Waals surface area contributed by atoms with Gasteiger partial charge in [-0.3, -0.25) is 0 Å². The van der Waals surface area contributed by atoms with E-state index in [2.05, 4.69) is 20.8 Å². The van der Waals surface area contributed by atoms with Crippen LogP contribution in [0.3, 0.4) is 0 Å². The summed E-state index contributed by atoms with van der Waals surface area (Å²) < 4.78 is 17.0. The third-order valence-corrected chi connectivity index (χ3v) is 5.24. The molecule has 1 atom stereocenters. The van der Waals surface area contributed by atoms with Crippen molar-refractivity contribution in [2.45, 2.75) is 78.2 Å². The zero-order valence-corrected chi connectivity index (χ0v) is 19.4. The zero-order valence-electron chi connectivity index (χ0n) is 19.4. The second-order valence-corrected chi connectivity index (χ2v) is 7.97. The van der Waals surface area contributed by atoms with Gasteiger partial charge in [-0.05, 0) is 61.7 Å². The quantitative estimate of drug-likeness (QED) is 0.168. The van der Waals surface area contributed by atoms with Crippen LogP contribution in [0.1, 0.15) is 94.2 Å². The Balaban J connectivity index is 1.72. The van der Waals surface area contributed by atoms with Crippen LogP contribution in [0.4, 0.5) is 0 Å². The van der Waals surface area contributed by atoms with Gasteiger partial charge < -0.3 is 14.2 Å². The molecular formula is C27H38O4. The molecule has 0 bridgehead atoms. The van der Waals surface area contributed by atoms with Gasteiger partial charge in [-0.1, -0.05) is 64.5 Å². The molecule has 0 heterocycles. The molecule has 0 amide bonds. The first-order valence-corrected chi connectivity index (χ1v) is 11.8. The normalized spacial score (nSPS) is 11.8. The molecule has 170 valence electrons. The number of hydrogen-bond acceptors (Lipinski definition) is 4. The predicted octanol–water partition coefficient (Wildman–Crippen LogP) is 7.52. The fraction of sp³-hybridized carbons (Fsp3) is 0.519. The average Bonchev–Trinajstić information content (AvgIpc) is 2.80. The molecule has 0 radical (unpaired) electrons. The van der Waals surface area contributed by atoms with Gasteiger partial charge in [0.25, 0.3) is 0 Å². The number of ether oxygens (including phenoxy) is 3. The van der Waals surface area contributed by atoms with E-state index in [1.165, 1.54) is 38.5 Å². The largest absolute Gasteiger partial charge is 0.494 e. The number of benzene rings is 2. The van der Waals surface area contributed by atoms with E-state index in [9.17, 15) is 4.79 Å². The SMILES string of the molecule is CCCCCCCCCOC(C)c1ccc(OC(=O)c2ccc(OCCC)cc2)cc1. The molecular weight excluding hydrogens is 388 g/mol. The number of hydrogen-bond donors (Lipinski definition) is 0. The Morgan fingerprint density at radius 3 is 2.00 bits per heavy atom. The smallest absolute Gasteiger partial charge is 0.343 e. The van der Waals surface area contributed by atoms with Gasteiger partial charge in [0.1, 0.15) is 11.5 Å². The van der Waals surface area contributed by atoms with Gasteiger partial charge in [-0.2, -0.15) is 0 Å². The van der Waals surface area contributed by atoms with Gasteiger partial charge >= 0.3 is 5.97 Å². The predicted molar refractivity (Wildman–Crippen MR) is 126 cm³/mol. The molecule has 0 spiro atoms. The van der Waals surface area contributed by atoms with Crippen LogP contribution in [0.25, 0.3) is 0 Å². The molecule has 2 aromatic rings. The second-order valence-electron chi connectivity index (χ2n) is 7.97. The Hall–Kier alpha value is -2.33. The van der Waals surface area contributed by atoms with E-state index < -0.39 is 0 Å². The number of carbonyl (C=O) groups is 1. The van der Waals surface area contributed by atoms with Gasteiger partial charge in [0.05, 0.1) is 18.3 Å². The minimum atomic E-state index is -0.377. The van der Waals surface area contributed by atoms with Crippen molar-refractivity contribution in [1.29, 1.82) is 0 Å². The molecule has 4 nitrogen and oxygen atoms in total. The number of rotatable bonds is 15. The lowest BCUT2D eigenvalue weighted by atomic mass is 10.1. The summed E-state index contributed by atoms with van der Waals surface area (Å²) in [5, 5.41) is 0. The van der Waals surface area contributed by atoms with Crippen molar-refractivity contribution in [3.05, 3.63) is 59.7 Å². The highest BCUT2D eigenvalue weighted by Crippen LogP contribution is 2.22. The van der Waals surface area contributed by atoms with Crippen LogP contribution in [-0.4, -0.2) is 19.2 Å². The standard InChI is InChI=1S/C27H38O4/c1-4-6-7-8-9-10-11-21-29-22(3)23-12-18-26(19-13-23)31-27(28)24-14-16-25(17-15-24)30-20-5-2/h12-19,22H,4-11,20-21H2,1-3H3. The third kappa shape index (κ3) is 9.56. The van der Waals surface area contributed by atoms with Crippen molar-refractivity contribution in [3.63, 3.8) is 0 Å². The molecule has 2 rings (SSSR count). The Kier molecular flexibility index (Phi) is 11.8. The fourth-order valence-corrected chi connectivity index (χ4v) is 3.30. The third-order valence-electron chi connectivity index (χ3n) is 5.24. The molecule has 31 heavy (non-hydrogen) atoms. The summed E-state index contributed by atoms with van der Waals surface area (Å²) in [6, 6.07) is 14.6. The highest BCUT2D eigenvalue weighted by atomic mass is 16.5. The lowest BCUT2D eigenvalue weighted by Crippen LogP contribution is -2.08. The summed E-state index contributed by atoms with van der Waals surface area (Å²) >= 11 is 0. The van der Waals surface area contributed by atoms with Crippen LogP contribution in [-0.2, 0) is 4.74 Å². The second kappa shape index (κ2) is 14.6. The van der Waals surface area contributed by atoms with E-state index in [0.717, 1.165) is 30.8 Å². The first kappa shape index (κ1) is 24.9. The summed E-state index contributed by atoms with van der Waals surface area (Å²) in [5.41, 5.74) is 1.58. The van der Waals surface area contributed by atoms with Crippen LogP contribution >= 0.6 is 0 Å². The summed E-state index contributed by atoms with van der Waals surface area (Å²) in [4.78, 5) is 12.4. The first-order chi connectivity index (χ1) is 15.1. The first-order valence-electron chi connectivity index (χ1n) is 11.8. The lowest BCUT2D eigenvalue weighted by molar-refractivity contribution is 0.0627. The van der Waals surface area contributed by atoms with Crippen molar-refractivity contribution in [2.24, 2.45) is 0 Å². The van der Waals surface area contributed by atoms with Crippen molar-refractivity contribution >= 4 is 5.97 Å². The highest BCUT2D eigenvalue weighted by Gasteiger charge is 2.10. The monoisotopic (exact) mass is 426 g/mol. The van der Waals surface area contributed by atoms with Crippen LogP contribution in [0.15, 0.2) is 48.5 Å². The number of esters is 1. The van der Waals surface area contributed by atoms with Crippen LogP contribution in [0, 0.1) is 0 Å². The van der Waals surface area contributed by atoms with E-state index >= 15 is 0 Å². The van der Waals surface area contributed by atoms with Crippen LogP contribution in [0.2, 0.25) is 0 Å². The van der Waals surface area contributed by atoms with E-state index in [4.69, 9.17) is 14.2 Å². The van der Waals surface area contributed by atoms with E-state index in [0.29, 0.717) is 17.9 Å². The molecule has 0 fully saturated rings. The molecule has 0 aliphatic heterocycles. The summed E-state index contributed by atoms with van der Waals surface area (Å²) in [6.45, 7) is 7.81. The van der Waals surface area contributed by atoms with E-state index in [1.807, 2.05) is 24.3 Å². The molecule has 4 heteroatoms. The number of unbranched alkanes of at least 4 members (excludes halogenated alkanes) is 6. The minimum Gasteiger partial charge on any atom is -0.494 e. The van der Waals surface area contributed by atoms with Crippen LogP contribution in [0.5, 0.6) is 11.5 Å². The van der Waals surface area contributed by atoms with Gasteiger partial charge in [0.2, 0.25) is 0 Å². The van der Waals surface area contributed by atoms with Crippen LogP contribution < -0.4 is 9.47 Å². The summed E-state index contributed by atoms with van der Waals surface area (Å²) in [6.07, 6.45) is 9.93. The lowest BCUT2D eigenvalue weighted by Gasteiger charge is -2.14.